The highest BCUT2D eigenvalue weighted by molar-refractivity contribution is 6.17. The second kappa shape index (κ2) is 9.84. The Bertz CT molecular complexity index is 1900. The fourth-order valence-electron chi connectivity index (χ4n) is 7.51. The molecule has 0 radical (unpaired) electrons. The summed E-state index contributed by atoms with van der Waals surface area (Å²) in [5.74, 6) is -0.612. The highest BCUT2D eigenvalue weighted by atomic mass is 16.7. The van der Waals surface area contributed by atoms with Gasteiger partial charge in [0, 0.05) is 17.5 Å². The van der Waals surface area contributed by atoms with E-state index < -0.39 is 23.4 Å². The molecule has 0 saturated carbocycles. The molecule has 4 aromatic rings. The van der Waals surface area contributed by atoms with Gasteiger partial charge < -0.3 is 24.4 Å². The average Bonchev–Trinajstić information content (AvgIpc) is 3.74. The molecule has 8 heteroatoms. The lowest BCUT2D eigenvalue weighted by atomic mass is 9.62. The largest absolute Gasteiger partial charge is 0.493 e. The molecule has 4 atom stereocenters. The number of carbonyl (C=O) groups is 3. The second-order valence-electron chi connectivity index (χ2n) is 11.3. The van der Waals surface area contributed by atoms with Crippen LogP contribution in [-0.4, -0.2) is 41.8 Å². The van der Waals surface area contributed by atoms with E-state index in [2.05, 4.69) is 5.32 Å². The number of anilines is 1. The van der Waals surface area contributed by atoms with E-state index >= 15 is 4.79 Å². The predicted molar refractivity (Wildman–Crippen MR) is 163 cm³/mol. The van der Waals surface area contributed by atoms with Crippen LogP contribution in [0.5, 0.6) is 17.2 Å². The minimum Gasteiger partial charge on any atom is -0.493 e. The van der Waals surface area contributed by atoms with Crippen LogP contribution in [-0.2, 0) is 10.2 Å². The molecule has 0 unspecified atom stereocenters. The molecule has 1 spiro atoms. The van der Waals surface area contributed by atoms with Gasteiger partial charge in [0.05, 0.1) is 24.1 Å². The van der Waals surface area contributed by atoms with Crippen molar-refractivity contribution in [2.45, 2.75) is 24.4 Å². The molecule has 1 fully saturated rings. The number of ether oxygens (including phenoxy) is 3. The topological polar surface area (TPSA) is 94.2 Å². The molecule has 1 amide bonds. The minimum absolute atomic E-state index is 0.0690. The zero-order valence-electron chi connectivity index (χ0n) is 23.9. The van der Waals surface area contributed by atoms with Crippen LogP contribution >= 0.6 is 0 Å². The summed E-state index contributed by atoms with van der Waals surface area (Å²) in [4.78, 5) is 46.5. The fourth-order valence-corrected chi connectivity index (χ4v) is 7.51. The maximum absolute atomic E-state index is 15.1. The highest BCUT2D eigenvalue weighted by Crippen LogP contribution is 2.62. The van der Waals surface area contributed by atoms with E-state index in [1.165, 1.54) is 0 Å². The number of Topliss-reactive ketones (excluding diaryl/α,β-unsaturated/α-hetero) is 2. The van der Waals surface area contributed by atoms with Crippen LogP contribution in [0.3, 0.4) is 0 Å². The lowest BCUT2D eigenvalue weighted by molar-refractivity contribution is -0.122. The third-order valence-electron chi connectivity index (χ3n) is 9.23. The first-order valence-corrected chi connectivity index (χ1v) is 14.7. The lowest BCUT2D eigenvalue weighted by Gasteiger charge is -2.38. The number of nitrogens with zero attached hydrogens (tertiary/aromatic N) is 1. The van der Waals surface area contributed by atoms with Gasteiger partial charge in [-0.25, -0.2) is 0 Å². The molecule has 4 aliphatic heterocycles. The van der Waals surface area contributed by atoms with E-state index in [4.69, 9.17) is 14.2 Å². The number of benzene rings is 4. The van der Waals surface area contributed by atoms with Crippen LogP contribution in [0.1, 0.15) is 50.4 Å². The van der Waals surface area contributed by atoms with Gasteiger partial charge >= 0.3 is 0 Å². The summed E-state index contributed by atoms with van der Waals surface area (Å²) < 4.78 is 17.0. The monoisotopic (exact) mass is 584 g/mol. The van der Waals surface area contributed by atoms with E-state index in [1.54, 1.807) is 42.5 Å². The van der Waals surface area contributed by atoms with Crippen molar-refractivity contribution >= 4 is 29.2 Å². The SMILES string of the molecule is CCOc1ccccc1C(=O)[C@@H]1[C@H](C(=O)c2ccc3c(c2)OCO3)N2C=Cc3ccccc3[C@@H]2[C@@]12C(=O)Nc1ccccc12. The maximum Gasteiger partial charge on any atom is 0.238 e. The molecule has 4 heterocycles. The summed E-state index contributed by atoms with van der Waals surface area (Å²) >= 11 is 0. The molecule has 1 saturated heterocycles. The number of amides is 1. The van der Waals surface area contributed by atoms with E-state index in [1.807, 2.05) is 72.6 Å². The number of rotatable bonds is 6. The van der Waals surface area contributed by atoms with Gasteiger partial charge in [0.25, 0.3) is 0 Å². The quantitative estimate of drug-likeness (QED) is 0.287. The van der Waals surface area contributed by atoms with Crippen molar-refractivity contribution in [2.75, 3.05) is 18.7 Å². The molecule has 1 N–H and O–H groups in total. The Balaban J connectivity index is 1.41. The van der Waals surface area contributed by atoms with Gasteiger partial charge in [-0.05, 0) is 66.1 Å². The predicted octanol–water partition coefficient (Wildman–Crippen LogP) is 5.80. The maximum atomic E-state index is 15.1. The number of carbonyl (C=O) groups excluding carboxylic acids is 3. The zero-order chi connectivity index (χ0) is 30.0. The van der Waals surface area contributed by atoms with Gasteiger partial charge in [-0.3, -0.25) is 14.4 Å². The molecule has 0 aromatic heterocycles. The number of hydrogen-bond acceptors (Lipinski definition) is 7. The van der Waals surface area contributed by atoms with Crippen molar-refractivity contribution in [1.29, 1.82) is 0 Å². The normalized spacial score (nSPS) is 23.6. The first-order chi connectivity index (χ1) is 21.5. The average molecular weight is 585 g/mol. The second-order valence-corrected chi connectivity index (χ2v) is 11.3. The fraction of sp³-hybridized carbons (Fsp3) is 0.194. The van der Waals surface area contributed by atoms with E-state index in [-0.39, 0.29) is 24.3 Å². The van der Waals surface area contributed by atoms with Crippen molar-refractivity contribution in [3.05, 3.63) is 125 Å². The van der Waals surface area contributed by atoms with Crippen LogP contribution in [0.4, 0.5) is 5.69 Å². The number of nitrogens with one attached hydrogen (secondary N) is 1. The molecule has 218 valence electrons. The van der Waals surface area contributed by atoms with Crippen LogP contribution in [0, 0.1) is 5.92 Å². The molecule has 44 heavy (non-hydrogen) atoms. The lowest BCUT2D eigenvalue weighted by Crippen LogP contribution is -2.49. The molecule has 8 nitrogen and oxygen atoms in total. The van der Waals surface area contributed by atoms with Crippen molar-refractivity contribution in [1.82, 2.24) is 4.90 Å². The first-order valence-electron chi connectivity index (χ1n) is 14.7. The van der Waals surface area contributed by atoms with Gasteiger partial charge in [-0.2, -0.15) is 0 Å². The minimum atomic E-state index is -1.43. The Hall–Kier alpha value is -5.37. The highest BCUT2D eigenvalue weighted by Gasteiger charge is 2.71. The molecule has 4 aromatic carbocycles. The molecule has 0 aliphatic carbocycles. The Morgan fingerprint density at radius 2 is 1.70 bits per heavy atom. The summed E-state index contributed by atoms with van der Waals surface area (Å²) in [5, 5.41) is 3.08. The van der Waals surface area contributed by atoms with Crippen LogP contribution in [0.2, 0.25) is 0 Å². The number of hydrogen-bond donors (Lipinski definition) is 1. The Morgan fingerprint density at radius 3 is 2.59 bits per heavy atom. The van der Waals surface area contributed by atoms with Crippen molar-refractivity contribution in [3.63, 3.8) is 0 Å². The van der Waals surface area contributed by atoms with Crippen LogP contribution < -0.4 is 19.5 Å². The van der Waals surface area contributed by atoms with E-state index in [0.29, 0.717) is 46.2 Å². The third-order valence-corrected chi connectivity index (χ3v) is 9.23. The summed E-state index contributed by atoms with van der Waals surface area (Å²) in [6.45, 7) is 2.28. The third kappa shape index (κ3) is 3.54. The standard InChI is InChI=1S/C36H28N2O6/c1-2-42-27-14-8-5-11-24(27)33(40)30-31(32(39)22-15-16-28-29(19-22)44-20-43-28)38-18-17-21-9-3-4-10-23(21)34(38)36(30)25-12-6-7-13-26(25)37-35(36)41/h3-19,30-31,34H,2,20H2,1H3,(H,37,41)/t30-,31+,34+,36-/m0/s1. The van der Waals surface area contributed by atoms with Gasteiger partial charge in [0.15, 0.2) is 23.1 Å². The van der Waals surface area contributed by atoms with Gasteiger partial charge in [-0.1, -0.05) is 54.6 Å². The van der Waals surface area contributed by atoms with Gasteiger partial charge in [-0.15, -0.1) is 0 Å². The Morgan fingerprint density at radius 1 is 0.932 bits per heavy atom. The van der Waals surface area contributed by atoms with Gasteiger partial charge in [0.1, 0.15) is 17.2 Å². The molecular weight excluding hydrogens is 556 g/mol. The summed E-state index contributed by atoms with van der Waals surface area (Å²) in [7, 11) is 0. The number of para-hydroxylation sites is 2. The van der Waals surface area contributed by atoms with Crippen molar-refractivity contribution in [3.8, 4) is 17.2 Å². The number of fused-ring (bicyclic) bond motifs is 7. The number of ketones is 2. The summed E-state index contributed by atoms with van der Waals surface area (Å²) in [5.41, 5.74) is 2.40. The van der Waals surface area contributed by atoms with Crippen LogP contribution in [0.25, 0.3) is 6.08 Å². The first kappa shape index (κ1) is 26.3. The summed E-state index contributed by atoms with van der Waals surface area (Å²) in [6, 6.07) is 25.8. The molecule has 0 bridgehead atoms. The van der Waals surface area contributed by atoms with Crippen molar-refractivity contribution < 1.29 is 28.6 Å². The molecule has 8 rings (SSSR count). The van der Waals surface area contributed by atoms with Gasteiger partial charge in [0.2, 0.25) is 12.7 Å². The molecule has 4 aliphatic rings. The van der Waals surface area contributed by atoms with Crippen molar-refractivity contribution in [2.24, 2.45) is 5.92 Å². The molecular formula is C36H28N2O6. The zero-order valence-corrected chi connectivity index (χ0v) is 23.9. The summed E-state index contributed by atoms with van der Waals surface area (Å²) in [6.07, 6.45) is 3.81. The Labute approximate surface area is 253 Å². The van der Waals surface area contributed by atoms with Crippen LogP contribution in [0.15, 0.2) is 97.2 Å². The van der Waals surface area contributed by atoms with E-state index in [9.17, 15) is 9.59 Å². The smallest absolute Gasteiger partial charge is 0.238 e. The Kier molecular flexibility index (Phi) is 5.88. The van der Waals surface area contributed by atoms with E-state index in [0.717, 1.165) is 11.1 Å².